The Morgan fingerprint density at radius 1 is 1.53 bits per heavy atom. The lowest BCUT2D eigenvalue weighted by atomic mass is 9.97. The zero-order valence-electron chi connectivity index (χ0n) is 11.2. The van der Waals surface area contributed by atoms with E-state index in [9.17, 15) is 4.79 Å². The van der Waals surface area contributed by atoms with E-state index in [-0.39, 0.29) is 17.2 Å². The minimum absolute atomic E-state index is 0.00816. The summed E-state index contributed by atoms with van der Waals surface area (Å²) >= 11 is 5.83. The summed E-state index contributed by atoms with van der Waals surface area (Å²) < 4.78 is 5.06. The van der Waals surface area contributed by atoms with Crippen molar-refractivity contribution in [3.05, 3.63) is 17.0 Å². The van der Waals surface area contributed by atoms with Crippen molar-refractivity contribution in [1.82, 2.24) is 9.97 Å². The Balaban J connectivity index is 2.00. The fraction of sp³-hybridized carbons (Fsp3) is 0.615. The van der Waals surface area contributed by atoms with Gasteiger partial charge < -0.3 is 9.64 Å². The Bertz CT molecular complexity index is 459. The van der Waals surface area contributed by atoms with Crippen molar-refractivity contribution < 1.29 is 9.53 Å². The molecule has 0 saturated carbocycles. The van der Waals surface area contributed by atoms with Crippen LogP contribution in [0, 0.1) is 12.8 Å². The minimum atomic E-state index is -0.0837. The number of piperidine rings is 1. The van der Waals surface area contributed by atoms with Crippen LogP contribution < -0.4 is 4.90 Å². The number of ether oxygens (including phenoxy) is 1. The molecule has 1 fully saturated rings. The van der Waals surface area contributed by atoms with E-state index in [0.29, 0.717) is 6.61 Å². The van der Waals surface area contributed by atoms with Crippen LogP contribution in [0.15, 0.2) is 6.20 Å². The summed E-state index contributed by atoms with van der Waals surface area (Å²) in [4.78, 5) is 22.0. The molecule has 0 amide bonds. The third kappa shape index (κ3) is 3.35. The van der Waals surface area contributed by atoms with Crippen molar-refractivity contribution >= 4 is 23.4 Å². The number of anilines is 1. The quantitative estimate of drug-likeness (QED) is 0.629. The molecule has 0 bridgehead atoms. The molecule has 1 aliphatic rings. The molecule has 0 atom stereocenters. The van der Waals surface area contributed by atoms with Crippen molar-refractivity contribution in [2.45, 2.75) is 26.7 Å². The van der Waals surface area contributed by atoms with Gasteiger partial charge in [0.25, 0.3) is 0 Å². The van der Waals surface area contributed by atoms with Crippen LogP contribution in [0.2, 0.25) is 5.28 Å². The van der Waals surface area contributed by atoms with Crippen LogP contribution in [0.1, 0.15) is 25.3 Å². The fourth-order valence-electron chi connectivity index (χ4n) is 2.32. The molecule has 2 heterocycles. The second-order valence-electron chi connectivity index (χ2n) is 4.66. The smallest absolute Gasteiger partial charge is 0.309 e. The predicted molar refractivity (Wildman–Crippen MR) is 73.3 cm³/mol. The van der Waals surface area contributed by atoms with Gasteiger partial charge in [-0.05, 0) is 38.3 Å². The molecule has 0 radical (unpaired) electrons. The van der Waals surface area contributed by atoms with Gasteiger partial charge in [-0.1, -0.05) is 0 Å². The van der Waals surface area contributed by atoms with Gasteiger partial charge in [0.05, 0.1) is 12.5 Å². The van der Waals surface area contributed by atoms with Crippen molar-refractivity contribution in [1.29, 1.82) is 0 Å². The van der Waals surface area contributed by atoms with Gasteiger partial charge in [0.15, 0.2) is 0 Å². The van der Waals surface area contributed by atoms with E-state index in [0.717, 1.165) is 37.3 Å². The van der Waals surface area contributed by atoms with Gasteiger partial charge in [-0.15, -0.1) is 0 Å². The molecule has 0 spiro atoms. The maximum atomic E-state index is 11.7. The van der Waals surface area contributed by atoms with Gasteiger partial charge in [0, 0.05) is 24.8 Å². The Hall–Kier alpha value is -1.36. The average molecular weight is 284 g/mol. The van der Waals surface area contributed by atoms with E-state index in [4.69, 9.17) is 16.3 Å². The number of carbonyl (C=O) groups excluding carboxylic acids is 1. The number of hydrogen-bond donors (Lipinski definition) is 0. The van der Waals surface area contributed by atoms with E-state index >= 15 is 0 Å². The van der Waals surface area contributed by atoms with Crippen LogP contribution in [0.3, 0.4) is 0 Å². The number of rotatable bonds is 3. The Kier molecular flexibility index (Phi) is 4.58. The topological polar surface area (TPSA) is 55.3 Å². The average Bonchev–Trinajstić information content (AvgIpc) is 2.42. The highest BCUT2D eigenvalue weighted by atomic mass is 35.5. The third-order valence-corrected chi connectivity index (χ3v) is 3.51. The monoisotopic (exact) mass is 283 g/mol. The molecule has 1 aliphatic heterocycles. The van der Waals surface area contributed by atoms with Crippen LogP contribution in [0.5, 0.6) is 0 Å². The molecular formula is C13H18ClN3O2. The Morgan fingerprint density at radius 3 is 2.84 bits per heavy atom. The Morgan fingerprint density at radius 2 is 2.21 bits per heavy atom. The first-order valence-electron chi connectivity index (χ1n) is 6.52. The molecule has 5 nitrogen and oxygen atoms in total. The number of halogens is 1. The number of hydrogen-bond acceptors (Lipinski definition) is 5. The highest BCUT2D eigenvalue weighted by Crippen LogP contribution is 2.25. The molecule has 1 saturated heterocycles. The first-order chi connectivity index (χ1) is 9.11. The SMILES string of the molecule is CCOC(=O)C1CCN(c2nc(Cl)ncc2C)CC1. The van der Waals surface area contributed by atoms with E-state index in [1.807, 2.05) is 13.8 Å². The molecule has 1 aromatic rings. The van der Waals surface area contributed by atoms with Crippen molar-refractivity contribution in [3.8, 4) is 0 Å². The van der Waals surface area contributed by atoms with Gasteiger partial charge in [-0.3, -0.25) is 4.79 Å². The van der Waals surface area contributed by atoms with E-state index in [1.54, 1.807) is 6.20 Å². The van der Waals surface area contributed by atoms with E-state index in [2.05, 4.69) is 14.9 Å². The van der Waals surface area contributed by atoms with Crippen LogP contribution >= 0.6 is 11.6 Å². The zero-order chi connectivity index (χ0) is 13.8. The summed E-state index contributed by atoms with van der Waals surface area (Å²) in [6.45, 7) is 5.82. The van der Waals surface area contributed by atoms with Gasteiger partial charge in [0.2, 0.25) is 5.28 Å². The van der Waals surface area contributed by atoms with Gasteiger partial charge in [0.1, 0.15) is 5.82 Å². The molecule has 0 aromatic carbocycles. The molecular weight excluding hydrogens is 266 g/mol. The number of aryl methyl sites for hydroxylation is 1. The molecule has 1 aromatic heterocycles. The summed E-state index contributed by atoms with van der Waals surface area (Å²) in [6.07, 6.45) is 3.31. The minimum Gasteiger partial charge on any atom is -0.466 e. The molecule has 6 heteroatoms. The molecule has 2 rings (SSSR count). The summed E-state index contributed by atoms with van der Waals surface area (Å²) in [5.74, 6) is 0.788. The lowest BCUT2D eigenvalue weighted by Gasteiger charge is -2.32. The van der Waals surface area contributed by atoms with Crippen LogP contribution in [0.4, 0.5) is 5.82 Å². The maximum Gasteiger partial charge on any atom is 0.309 e. The molecule has 0 aliphatic carbocycles. The first kappa shape index (κ1) is 14.1. The van der Waals surface area contributed by atoms with Crippen molar-refractivity contribution in [2.24, 2.45) is 5.92 Å². The standard InChI is InChI=1S/C13H18ClN3O2/c1-3-19-12(18)10-4-6-17(7-5-10)11-9(2)8-15-13(14)16-11/h8,10H,3-7H2,1-2H3. The zero-order valence-corrected chi connectivity index (χ0v) is 12.0. The maximum absolute atomic E-state index is 11.7. The van der Waals surface area contributed by atoms with E-state index < -0.39 is 0 Å². The van der Waals surface area contributed by atoms with E-state index in [1.165, 1.54) is 0 Å². The van der Waals surface area contributed by atoms with Gasteiger partial charge >= 0.3 is 5.97 Å². The molecule has 104 valence electrons. The van der Waals surface area contributed by atoms with Crippen LogP contribution in [0.25, 0.3) is 0 Å². The molecule has 0 N–H and O–H groups in total. The fourth-order valence-corrected chi connectivity index (χ4v) is 2.45. The molecule has 19 heavy (non-hydrogen) atoms. The number of esters is 1. The lowest BCUT2D eigenvalue weighted by Crippen LogP contribution is -2.37. The van der Waals surface area contributed by atoms with Crippen molar-refractivity contribution in [2.75, 3.05) is 24.6 Å². The summed E-state index contributed by atoms with van der Waals surface area (Å²) in [5, 5.41) is 0.258. The normalized spacial score (nSPS) is 16.5. The summed E-state index contributed by atoms with van der Waals surface area (Å²) in [5.41, 5.74) is 0.999. The second kappa shape index (κ2) is 6.19. The highest BCUT2D eigenvalue weighted by molar-refractivity contribution is 6.28. The highest BCUT2D eigenvalue weighted by Gasteiger charge is 2.27. The molecule has 0 unspecified atom stereocenters. The Labute approximate surface area is 117 Å². The number of carbonyl (C=O) groups is 1. The first-order valence-corrected chi connectivity index (χ1v) is 6.90. The van der Waals surface area contributed by atoms with Crippen LogP contribution in [-0.2, 0) is 9.53 Å². The van der Waals surface area contributed by atoms with Crippen LogP contribution in [-0.4, -0.2) is 35.6 Å². The largest absolute Gasteiger partial charge is 0.466 e. The summed E-state index contributed by atoms with van der Waals surface area (Å²) in [6, 6.07) is 0. The second-order valence-corrected chi connectivity index (χ2v) is 5.00. The predicted octanol–water partition coefficient (Wildman–Crippen LogP) is 2.22. The number of aromatic nitrogens is 2. The number of nitrogens with zero attached hydrogens (tertiary/aromatic N) is 3. The summed E-state index contributed by atoms with van der Waals surface area (Å²) in [7, 11) is 0. The lowest BCUT2D eigenvalue weighted by molar-refractivity contribution is -0.148. The van der Waals surface area contributed by atoms with Crippen molar-refractivity contribution in [3.63, 3.8) is 0 Å². The third-order valence-electron chi connectivity index (χ3n) is 3.33. The van der Waals surface area contributed by atoms with Gasteiger partial charge in [-0.25, -0.2) is 9.97 Å². The van der Waals surface area contributed by atoms with Gasteiger partial charge in [-0.2, -0.15) is 0 Å².